The molecule has 0 aromatic carbocycles. The fourth-order valence-electron chi connectivity index (χ4n) is 9.08. The van der Waals surface area contributed by atoms with E-state index in [0.717, 1.165) is 49.7 Å². The summed E-state index contributed by atoms with van der Waals surface area (Å²) in [5, 5.41) is 19.5. The molecule has 51 heavy (non-hydrogen) atoms. The van der Waals surface area contributed by atoms with Gasteiger partial charge in [0.05, 0.1) is 68.1 Å². The molecule has 11 nitrogen and oxygen atoms in total. The van der Waals surface area contributed by atoms with Gasteiger partial charge in [0, 0.05) is 32.1 Å². The lowest BCUT2D eigenvalue weighted by Gasteiger charge is -2.46. The Balaban J connectivity index is 0.000000442. The van der Waals surface area contributed by atoms with E-state index < -0.39 is 6.10 Å². The first-order valence-electron chi connectivity index (χ1n) is 19.8. The lowest BCUT2D eigenvalue weighted by Crippen LogP contribution is -2.61. The van der Waals surface area contributed by atoms with E-state index in [1.54, 1.807) is 0 Å². The molecule has 0 aliphatic carbocycles. The maximum atomic E-state index is 13.5. The summed E-state index contributed by atoms with van der Waals surface area (Å²) >= 11 is 0. The topological polar surface area (TPSA) is 131 Å². The molecule has 8 rings (SSSR count). The fourth-order valence-corrected chi connectivity index (χ4v) is 9.08. The number of carbonyl (C=O) groups is 1. The summed E-state index contributed by atoms with van der Waals surface area (Å²) in [7, 11) is 0. The molecular formula is C40H64O11. The Bertz CT molecular complexity index is 1190. The van der Waals surface area contributed by atoms with E-state index in [1.807, 2.05) is 6.92 Å². The molecule has 14 unspecified atom stereocenters. The zero-order valence-electron chi connectivity index (χ0n) is 31.5. The Hall–Kier alpha value is -1.25. The van der Waals surface area contributed by atoms with E-state index in [0.29, 0.717) is 50.7 Å². The number of hydrogen-bond acceptors (Lipinski definition) is 11. The van der Waals surface area contributed by atoms with Crippen molar-refractivity contribution in [3.63, 3.8) is 0 Å². The highest BCUT2D eigenvalue weighted by molar-refractivity contribution is 5.79. The van der Waals surface area contributed by atoms with Gasteiger partial charge in [-0.25, -0.2) is 0 Å². The van der Waals surface area contributed by atoms with Crippen LogP contribution in [0.4, 0.5) is 0 Å². The number of aliphatic hydroxyl groups excluding tert-OH is 2. The van der Waals surface area contributed by atoms with E-state index >= 15 is 0 Å². The second-order valence-corrected chi connectivity index (χ2v) is 16.3. The zero-order chi connectivity index (χ0) is 36.4. The van der Waals surface area contributed by atoms with Crippen LogP contribution in [0.5, 0.6) is 0 Å². The molecule has 8 aliphatic heterocycles. The number of ketones is 1. The van der Waals surface area contributed by atoms with E-state index in [1.165, 1.54) is 0 Å². The standard InChI is InChI=1S/C32H48O10.C8H16O/c1-4-20-7-15(2)16(3)24(36-20)12-25-17(9-22(37-25)11-19(35)14-33)8-18(34)10-21-5-6-23-28(38-21)31-32-30(39-23)29-26(40-32)13-27(41-29)42-31;1-5-8(4)9-6-7(2)3/h15,17,19-33,35H,3-14H2,1-2H3;8H,2,5-6H2,1,3-4H3/t15?,17?,19?,20?,21?,22-,23?,24?,25-,26?,27+,28?,29?,30?,31?,32?;/m0./s1. The molecule has 6 bridgehead atoms. The molecule has 0 saturated carbocycles. The van der Waals surface area contributed by atoms with Crippen LogP contribution < -0.4 is 0 Å². The molecule has 17 atom stereocenters. The maximum absolute atomic E-state index is 13.5. The first-order valence-corrected chi connectivity index (χ1v) is 19.8. The highest BCUT2D eigenvalue weighted by Gasteiger charge is 2.64. The first-order chi connectivity index (χ1) is 24.5. The van der Waals surface area contributed by atoms with Crippen LogP contribution in [-0.2, 0) is 42.7 Å². The molecular weight excluding hydrogens is 656 g/mol. The number of rotatable bonds is 14. The molecule has 2 N–H and O–H groups in total. The quantitative estimate of drug-likeness (QED) is 0.236. The minimum Gasteiger partial charge on any atom is -0.394 e. The smallest absolute Gasteiger partial charge is 0.161 e. The Kier molecular flexibility index (Phi) is 13.5. The minimum absolute atomic E-state index is 0.00942. The molecule has 8 aliphatic rings. The van der Waals surface area contributed by atoms with Crippen LogP contribution in [0.15, 0.2) is 24.3 Å². The van der Waals surface area contributed by atoms with Crippen LogP contribution in [0.25, 0.3) is 0 Å². The third kappa shape index (κ3) is 9.35. The van der Waals surface area contributed by atoms with Gasteiger partial charge in [0.15, 0.2) is 6.29 Å². The minimum atomic E-state index is -0.835. The lowest BCUT2D eigenvalue weighted by molar-refractivity contribution is -0.264. The molecule has 8 heterocycles. The van der Waals surface area contributed by atoms with Crippen LogP contribution in [0, 0.1) is 11.8 Å². The van der Waals surface area contributed by atoms with Crippen molar-refractivity contribution in [2.45, 2.75) is 197 Å². The van der Waals surface area contributed by atoms with Crippen molar-refractivity contribution < 1.29 is 52.9 Å². The van der Waals surface area contributed by atoms with E-state index in [2.05, 4.69) is 40.9 Å². The molecule has 290 valence electrons. The van der Waals surface area contributed by atoms with Crippen molar-refractivity contribution in [1.82, 2.24) is 0 Å². The van der Waals surface area contributed by atoms with Gasteiger partial charge in [-0.05, 0) is 69.8 Å². The highest BCUT2D eigenvalue weighted by Crippen LogP contribution is 2.49. The van der Waals surface area contributed by atoms with Gasteiger partial charge >= 0.3 is 0 Å². The fraction of sp³-hybridized carbons (Fsp3) is 0.875. The average Bonchev–Trinajstić information content (AvgIpc) is 3.70. The SMILES string of the molecule is C=C(C)COC(C)CC.C=C1C(C)CC(CC)OC1C[C@@H]1O[C@H](CC(O)CO)CC1CC(=O)CC1CCC2OC3C4O[C@H]5CC4OC3C(O5)C2O1. The third-order valence-electron chi connectivity index (χ3n) is 12.1. The Labute approximate surface area is 304 Å². The summed E-state index contributed by atoms with van der Waals surface area (Å²) in [6.45, 7) is 19.0. The number of Topliss-reactive ketones (excluding diaryl/α,β-unsaturated/α-hetero) is 1. The Morgan fingerprint density at radius 2 is 1.59 bits per heavy atom. The number of ether oxygens (including phenoxy) is 8. The summed E-state index contributed by atoms with van der Waals surface area (Å²) in [5.41, 5.74) is 2.19. The largest absolute Gasteiger partial charge is 0.394 e. The summed E-state index contributed by atoms with van der Waals surface area (Å²) in [4.78, 5) is 13.5. The van der Waals surface area contributed by atoms with Gasteiger partial charge in [-0.3, -0.25) is 4.79 Å². The molecule has 8 saturated heterocycles. The first kappa shape index (κ1) is 39.4. The van der Waals surface area contributed by atoms with E-state index in [4.69, 9.17) is 37.9 Å². The molecule has 8 fully saturated rings. The predicted molar refractivity (Wildman–Crippen MR) is 189 cm³/mol. The second-order valence-electron chi connectivity index (χ2n) is 16.3. The second kappa shape index (κ2) is 17.5. The average molecular weight is 721 g/mol. The lowest BCUT2D eigenvalue weighted by atomic mass is 9.82. The number of fused-ring (bicyclic) bond motifs is 1. The van der Waals surface area contributed by atoms with Gasteiger partial charge in [0.2, 0.25) is 0 Å². The molecule has 0 radical (unpaired) electrons. The van der Waals surface area contributed by atoms with Gasteiger partial charge < -0.3 is 48.1 Å². The Morgan fingerprint density at radius 1 is 0.882 bits per heavy atom. The van der Waals surface area contributed by atoms with E-state index in [9.17, 15) is 15.0 Å². The number of aliphatic hydroxyl groups is 2. The van der Waals surface area contributed by atoms with Crippen molar-refractivity contribution in [2.24, 2.45) is 11.8 Å². The van der Waals surface area contributed by atoms with Gasteiger partial charge in [0.25, 0.3) is 0 Å². The summed E-state index contributed by atoms with van der Waals surface area (Å²) in [6, 6.07) is 0. The van der Waals surface area contributed by atoms with Gasteiger partial charge in [-0.15, -0.1) is 0 Å². The summed E-state index contributed by atoms with van der Waals surface area (Å²) in [6.07, 6.45) is 5.62. The number of hydrogen-bond donors (Lipinski definition) is 2. The van der Waals surface area contributed by atoms with Crippen molar-refractivity contribution >= 4 is 5.78 Å². The maximum Gasteiger partial charge on any atom is 0.161 e. The predicted octanol–water partition coefficient (Wildman–Crippen LogP) is 4.98. The van der Waals surface area contributed by atoms with Crippen molar-refractivity contribution in [3.05, 3.63) is 24.3 Å². The van der Waals surface area contributed by atoms with Crippen molar-refractivity contribution in [2.75, 3.05) is 13.2 Å². The zero-order valence-corrected chi connectivity index (χ0v) is 31.5. The van der Waals surface area contributed by atoms with Crippen molar-refractivity contribution in [1.29, 1.82) is 0 Å². The molecule has 0 spiro atoms. The number of carbonyl (C=O) groups excluding carboxylic acids is 1. The van der Waals surface area contributed by atoms with Gasteiger partial charge in [0.1, 0.15) is 36.3 Å². The van der Waals surface area contributed by atoms with Crippen LogP contribution in [0.1, 0.15) is 105 Å². The summed E-state index contributed by atoms with van der Waals surface area (Å²) in [5.74, 6) is 0.543. The molecule has 0 amide bonds. The van der Waals surface area contributed by atoms with Crippen LogP contribution in [-0.4, -0.2) is 121 Å². The van der Waals surface area contributed by atoms with Crippen LogP contribution >= 0.6 is 0 Å². The monoisotopic (exact) mass is 720 g/mol. The third-order valence-corrected chi connectivity index (χ3v) is 12.1. The van der Waals surface area contributed by atoms with Gasteiger partial charge in [-0.2, -0.15) is 0 Å². The normalized spacial score (nSPS) is 43.6. The van der Waals surface area contributed by atoms with Crippen LogP contribution in [0.2, 0.25) is 0 Å². The molecule has 0 aromatic heterocycles. The molecule has 11 heteroatoms. The highest BCUT2D eigenvalue weighted by atomic mass is 16.8. The summed E-state index contributed by atoms with van der Waals surface area (Å²) < 4.78 is 49.8. The van der Waals surface area contributed by atoms with E-state index in [-0.39, 0.29) is 97.8 Å². The van der Waals surface area contributed by atoms with Crippen molar-refractivity contribution in [3.8, 4) is 0 Å². The molecule has 0 aromatic rings. The van der Waals surface area contributed by atoms with Crippen LogP contribution in [0.3, 0.4) is 0 Å². The Morgan fingerprint density at radius 3 is 2.31 bits per heavy atom. The van der Waals surface area contributed by atoms with Gasteiger partial charge in [-0.1, -0.05) is 39.5 Å².